The standard InChI is InChI=1S/C24H30N6OS/c1-3-29(2)24(31)23-22(16-5-4-6-16)18-13-21(27-15-19(18)32-23)28-20-8-7-17(14-26-20)30-11-9-25-10-12-30/h7-8,13-16,25H,3-6,9-12H2,1-2H3,(H,26,27,28). The zero-order chi connectivity index (χ0) is 22.1. The van der Waals surface area contributed by atoms with Gasteiger partial charge in [0.1, 0.15) is 11.6 Å². The van der Waals surface area contributed by atoms with Crippen molar-refractivity contribution >= 4 is 44.7 Å². The van der Waals surface area contributed by atoms with Gasteiger partial charge < -0.3 is 20.4 Å². The zero-order valence-corrected chi connectivity index (χ0v) is 19.5. The van der Waals surface area contributed by atoms with E-state index in [1.807, 2.05) is 32.4 Å². The fraction of sp³-hybridized carbons (Fsp3) is 0.458. The van der Waals surface area contributed by atoms with Crippen LogP contribution in [0, 0.1) is 0 Å². The number of fused-ring (bicyclic) bond motifs is 1. The van der Waals surface area contributed by atoms with E-state index in [2.05, 4.69) is 37.6 Å². The van der Waals surface area contributed by atoms with Crippen molar-refractivity contribution in [2.45, 2.75) is 32.1 Å². The molecule has 3 aromatic heterocycles. The second-order valence-corrected chi connectivity index (χ2v) is 9.67. The lowest BCUT2D eigenvalue weighted by Crippen LogP contribution is -2.43. The highest BCUT2D eigenvalue weighted by atomic mass is 32.1. The lowest BCUT2D eigenvalue weighted by atomic mass is 9.79. The second kappa shape index (κ2) is 9.03. The summed E-state index contributed by atoms with van der Waals surface area (Å²) in [7, 11) is 1.87. The number of nitrogens with zero attached hydrogens (tertiary/aromatic N) is 4. The Morgan fingerprint density at radius 2 is 2.00 bits per heavy atom. The van der Waals surface area contributed by atoms with Gasteiger partial charge in [-0.05, 0) is 49.4 Å². The van der Waals surface area contributed by atoms with Gasteiger partial charge in [-0.1, -0.05) is 6.42 Å². The molecule has 0 aromatic carbocycles. The van der Waals surface area contributed by atoms with E-state index in [1.54, 1.807) is 16.2 Å². The molecule has 4 heterocycles. The molecule has 32 heavy (non-hydrogen) atoms. The van der Waals surface area contributed by atoms with Crippen molar-refractivity contribution in [3.8, 4) is 0 Å². The third-order valence-electron chi connectivity index (χ3n) is 6.63. The molecule has 8 heteroatoms. The highest BCUT2D eigenvalue weighted by molar-refractivity contribution is 7.21. The fourth-order valence-corrected chi connectivity index (χ4v) is 5.60. The van der Waals surface area contributed by atoms with Crippen LogP contribution < -0.4 is 15.5 Å². The Bertz CT molecular complexity index is 1100. The van der Waals surface area contributed by atoms with E-state index in [4.69, 9.17) is 0 Å². The maximum atomic E-state index is 13.0. The van der Waals surface area contributed by atoms with Crippen molar-refractivity contribution in [3.63, 3.8) is 0 Å². The highest BCUT2D eigenvalue weighted by Crippen LogP contribution is 2.45. The molecule has 0 atom stereocenters. The molecule has 1 aliphatic carbocycles. The van der Waals surface area contributed by atoms with Gasteiger partial charge in [-0.15, -0.1) is 11.3 Å². The molecule has 2 N–H and O–H groups in total. The first-order chi connectivity index (χ1) is 15.6. The normalized spacial score (nSPS) is 16.8. The van der Waals surface area contributed by atoms with E-state index in [1.165, 1.54) is 12.0 Å². The number of hydrogen-bond acceptors (Lipinski definition) is 7. The third kappa shape index (κ3) is 4.04. The SMILES string of the molecule is CCN(C)C(=O)c1sc2cnc(Nc3ccc(N4CCNCC4)cn3)cc2c1C1CCC1. The summed E-state index contributed by atoms with van der Waals surface area (Å²) in [6.07, 6.45) is 7.36. The van der Waals surface area contributed by atoms with Crippen LogP contribution >= 0.6 is 11.3 Å². The van der Waals surface area contributed by atoms with Crippen molar-refractivity contribution in [1.82, 2.24) is 20.2 Å². The molecule has 1 saturated heterocycles. The van der Waals surface area contributed by atoms with Crippen molar-refractivity contribution in [2.75, 3.05) is 50.0 Å². The number of carbonyl (C=O) groups is 1. The Hall–Kier alpha value is -2.71. The number of thiophene rings is 1. The monoisotopic (exact) mass is 450 g/mol. The lowest BCUT2D eigenvalue weighted by Gasteiger charge is -2.29. The Labute approximate surface area is 192 Å². The summed E-state index contributed by atoms with van der Waals surface area (Å²) in [4.78, 5) is 27.3. The Balaban J connectivity index is 1.42. The van der Waals surface area contributed by atoms with E-state index >= 15 is 0 Å². The summed E-state index contributed by atoms with van der Waals surface area (Å²) in [5.74, 6) is 2.13. The molecule has 2 aliphatic rings. The van der Waals surface area contributed by atoms with E-state index in [0.717, 1.165) is 71.3 Å². The van der Waals surface area contributed by atoms with E-state index in [0.29, 0.717) is 12.5 Å². The van der Waals surface area contributed by atoms with Gasteiger partial charge in [-0.2, -0.15) is 0 Å². The topological polar surface area (TPSA) is 73.4 Å². The summed E-state index contributed by atoms with van der Waals surface area (Å²) >= 11 is 1.58. The molecular formula is C24H30N6OS. The summed E-state index contributed by atoms with van der Waals surface area (Å²) in [6.45, 7) is 6.74. The van der Waals surface area contributed by atoms with Gasteiger partial charge in [-0.25, -0.2) is 9.97 Å². The number of carbonyl (C=O) groups excluding carboxylic acids is 1. The van der Waals surface area contributed by atoms with Crippen molar-refractivity contribution in [3.05, 3.63) is 41.0 Å². The molecule has 0 spiro atoms. The molecular weight excluding hydrogens is 420 g/mol. The summed E-state index contributed by atoms with van der Waals surface area (Å²) < 4.78 is 1.08. The number of pyridine rings is 2. The predicted molar refractivity (Wildman–Crippen MR) is 131 cm³/mol. The number of nitrogens with one attached hydrogen (secondary N) is 2. The molecule has 1 amide bonds. The largest absolute Gasteiger partial charge is 0.368 e. The molecule has 168 valence electrons. The van der Waals surface area contributed by atoms with Crippen molar-refractivity contribution < 1.29 is 4.79 Å². The average molecular weight is 451 g/mol. The van der Waals surface area contributed by atoms with Crippen LogP contribution in [0.4, 0.5) is 17.3 Å². The maximum Gasteiger partial charge on any atom is 0.263 e. The van der Waals surface area contributed by atoms with Crippen molar-refractivity contribution in [2.24, 2.45) is 0 Å². The minimum absolute atomic E-state index is 0.121. The van der Waals surface area contributed by atoms with E-state index in [9.17, 15) is 4.79 Å². The van der Waals surface area contributed by atoms with Gasteiger partial charge in [0.15, 0.2) is 0 Å². The quantitative estimate of drug-likeness (QED) is 0.586. The fourth-order valence-electron chi connectivity index (χ4n) is 4.37. The van der Waals surface area contributed by atoms with Gasteiger partial charge in [0.25, 0.3) is 5.91 Å². The Morgan fingerprint density at radius 1 is 1.22 bits per heavy atom. The first-order valence-electron chi connectivity index (χ1n) is 11.5. The van der Waals surface area contributed by atoms with Gasteiger partial charge in [0, 0.05) is 51.4 Å². The van der Waals surface area contributed by atoms with Crippen molar-refractivity contribution in [1.29, 1.82) is 0 Å². The molecule has 1 saturated carbocycles. The first-order valence-corrected chi connectivity index (χ1v) is 12.3. The maximum absolute atomic E-state index is 13.0. The van der Waals surface area contributed by atoms with Crippen LogP contribution in [-0.4, -0.2) is 60.5 Å². The predicted octanol–water partition coefficient (Wildman–Crippen LogP) is 4.20. The Morgan fingerprint density at radius 3 is 2.66 bits per heavy atom. The lowest BCUT2D eigenvalue weighted by molar-refractivity contribution is 0.0805. The number of aromatic nitrogens is 2. The third-order valence-corrected chi connectivity index (χ3v) is 7.77. The van der Waals surface area contributed by atoms with Crippen LogP contribution in [-0.2, 0) is 0 Å². The number of hydrogen-bond donors (Lipinski definition) is 2. The Kier molecular flexibility index (Phi) is 5.97. The molecule has 5 rings (SSSR count). The molecule has 0 radical (unpaired) electrons. The van der Waals surface area contributed by atoms with Crippen LogP contribution in [0.3, 0.4) is 0 Å². The van der Waals surface area contributed by atoms with Crippen LogP contribution in [0.25, 0.3) is 10.1 Å². The van der Waals surface area contributed by atoms with Crippen LogP contribution in [0.15, 0.2) is 30.6 Å². The first kappa shape index (κ1) is 21.2. The average Bonchev–Trinajstić information content (AvgIpc) is 3.16. The number of piperazine rings is 1. The summed E-state index contributed by atoms with van der Waals surface area (Å²) in [5, 5.41) is 7.89. The van der Waals surface area contributed by atoms with Crippen LogP contribution in [0.1, 0.15) is 47.3 Å². The minimum atomic E-state index is 0.121. The van der Waals surface area contributed by atoms with E-state index in [-0.39, 0.29) is 5.91 Å². The van der Waals surface area contributed by atoms with Gasteiger partial charge >= 0.3 is 0 Å². The minimum Gasteiger partial charge on any atom is -0.368 e. The molecule has 3 aromatic rings. The summed E-state index contributed by atoms with van der Waals surface area (Å²) in [6, 6.07) is 6.21. The smallest absolute Gasteiger partial charge is 0.263 e. The van der Waals surface area contributed by atoms with Gasteiger partial charge in [0.2, 0.25) is 0 Å². The van der Waals surface area contributed by atoms with Crippen LogP contribution in [0.5, 0.6) is 0 Å². The van der Waals surface area contributed by atoms with Gasteiger partial charge in [0.05, 0.1) is 21.5 Å². The molecule has 2 fully saturated rings. The second-order valence-electron chi connectivity index (χ2n) is 8.62. The van der Waals surface area contributed by atoms with Crippen LogP contribution in [0.2, 0.25) is 0 Å². The number of rotatable bonds is 6. The van der Waals surface area contributed by atoms with E-state index < -0.39 is 0 Å². The number of anilines is 3. The number of amides is 1. The zero-order valence-electron chi connectivity index (χ0n) is 18.7. The summed E-state index contributed by atoms with van der Waals surface area (Å²) in [5.41, 5.74) is 2.36. The molecule has 0 bridgehead atoms. The molecule has 7 nitrogen and oxygen atoms in total. The van der Waals surface area contributed by atoms with Gasteiger partial charge in [-0.3, -0.25) is 4.79 Å². The highest BCUT2D eigenvalue weighted by Gasteiger charge is 2.30. The molecule has 1 aliphatic heterocycles. The molecule has 0 unspecified atom stereocenters.